The van der Waals surface area contributed by atoms with Gasteiger partial charge in [0.15, 0.2) is 0 Å². The van der Waals surface area contributed by atoms with E-state index in [1.165, 1.54) is 4.90 Å². The predicted molar refractivity (Wildman–Crippen MR) is 67.6 cm³/mol. The Hall–Kier alpha value is -2.44. The van der Waals surface area contributed by atoms with Crippen molar-refractivity contribution < 1.29 is 9.53 Å². The smallest absolute Gasteiger partial charge is 0.295 e. The molecule has 19 heavy (non-hydrogen) atoms. The fourth-order valence-electron chi connectivity index (χ4n) is 1.63. The van der Waals surface area contributed by atoms with Gasteiger partial charge in [-0.3, -0.25) is 4.79 Å². The average Bonchev–Trinajstić information content (AvgIpc) is 2.94. The molecule has 1 aromatic heterocycles. The zero-order valence-corrected chi connectivity index (χ0v) is 10.8. The maximum atomic E-state index is 11.9. The van der Waals surface area contributed by atoms with E-state index in [-0.39, 0.29) is 11.7 Å². The molecule has 1 N–H and O–H groups in total. The number of aromatic nitrogens is 4. The highest BCUT2D eigenvalue weighted by Gasteiger charge is 2.16. The summed E-state index contributed by atoms with van der Waals surface area (Å²) in [6.07, 6.45) is 0. The number of nitrogens with zero attached hydrogens (tertiary/aromatic N) is 4. The number of carbonyl (C=O) groups is 1. The number of ether oxygens (including phenoxy) is 1. The first-order valence-corrected chi connectivity index (χ1v) is 5.91. The minimum atomic E-state index is -0.275. The maximum absolute atomic E-state index is 11.9. The van der Waals surface area contributed by atoms with Crippen molar-refractivity contribution in [2.75, 3.05) is 13.7 Å². The summed E-state index contributed by atoms with van der Waals surface area (Å²) in [5.74, 6) is 0.606. The van der Waals surface area contributed by atoms with Gasteiger partial charge in [0.05, 0.1) is 6.61 Å². The Kier molecular flexibility index (Phi) is 4.07. The van der Waals surface area contributed by atoms with E-state index in [1.807, 2.05) is 31.2 Å². The number of hydrogen-bond acceptors (Lipinski definition) is 5. The van der Waals surface area contributed by atoms with E-state index in [2.05, 4.69) is 20.6 Å². The van der Waals surface area contributed by atoms with Crippen LogP contribution in [-0.2, 0) is 6.54 Å². The lowest BCUT2D eigenvalue weighted by atomic mass is 10.2. The average molecular weight is 261 g/mol. The van der Waals surface area contributed by atoms with Gasteiger partial charge in [-0.15, -0.1) is 10.2 Å². The van der Waals surface area contributed by atoms with Crippen molar-refractivity contribution in [3.63, 3.8) is 0 Å². The summed E-state index contributed by atoms with van der Waals surface area (Å²) < 4.78 is 5.36. The molecule has 0 aliphatic heterocycles. The Balaban J connectivity index is 1.98. The number of aromatic amines is 1. The summed E-state index contributed by atoms with van der Waals surface area (Å²) in [6.45, 7) is 3.04. The molecule has 2 rings (SSSR count). The van der Waals surface area contributed by atoms with E-state index < -0.39 is 0 Å². The third-order valence-corrected chi connectivity index (χ3v) is 2.54. The molecule has 0 radical (unpaired) electrons. The zero-order valence-electron chi connectivity index (χ0n) is 10.8. The van der Waals surface area contributed by atoms with Crippen LogP contribution in [-0.4, -0.2) is 45.1 Å². The van der Waals surface area contributed by atoms with Crippen molar-refractivity contribution in [2.45, 2.75) is 13.5 Å². The molecule has 0 aliphatic rings. The first-order chi connectivity index (χ1) is 9.20. The van der Waals surface area contributed by atoms with Crippen LogP contribution in [0, 0.1) is 0 Å². The molecule has 0 aliphatic carbocycles. The minimum Gasteiger partial charge on any atom is -0.494 e. The van der Waals surface area contributed by atoms with Gasteiger partial charge in [-0.05, 0) is 29.8 Å². The molecule has 0 unspecified atom stereocenters. The fourth-order valence-corrected chi connectivity index (χ4v) is 1.63. The molecule has 1 heterocycles. The van der Waals surface area contributed by atoms with Gasteiger partial charge in [0.25, 0.3) is 11.7 Å². The van der Waals surface area contributed by atoms with E-state index in [1.54, 1.807) is 7.05 Å². The van der Waals surface area contributed by atoms with Crippen molar-refractivity contribution in [3.8, 4) is 5.75 Å². The molecule has 1 aromatic carbocycles. The van der Waals surface area contributed by atoms with E-state index in [0.717, 1.165) is 11.3 Å². The molecular formula is C12H15N5O2. The topological polar surface area (TPSA) is 84.0 Å². The highest BCUT2D eigenvalue weighted by atomic mass is 16.5. The number of hydrogen-bond donors (Lipinski definition) is 1. The standard InChI is InChI=1S/C12H15N5O2/c1-3-19-10-6-4-9(5-7-10)8-17(2)12(18)11-13-15-16-14-11/h4-7H,3,8H2,1-2H3,(H,13,14,15,16). The van der Waals surface area contributed by atoms with Crippen LogP contribution in [0.5, 0.6) is 5.75 Å². The Morgan fingerprint density at radius 2 is 2.11 bits per heavy atom. The van der Waals surface area contributed by atoms with Crippen LogP contribution >= 0.6 is 0 Å². The van der Waals surface area contributed by atoms with E-state index in [0.29, 0.717) is 13.2 Å². The van der Waals surface area contributed by atoms with Crippen LogP contribution in [0.4, 0.5) is 0 Å². The Labute approximate surface area is 110 Å². The Morgan fingerprint density at radius 3 is 2.68 bits per heavy atom. The molecule has 100 valence electrons. The van der Waals surface area contributed by atoms with Crippen molar-refractivity contribution in [3.05, 3.63) is 35.7 Å². The molecule has 0 saturated heterocycles. The summed E-state index contributed by atoms with van der Waals surface area (Å²) in [5.41, 5.74) is 1.00. The first kappa shape index (κ1) is 13.0. The van der Waals surface area contributed by atoms with Crippen molar-refractivity contribution in [2.24, 2.45) is 0 Å². The second kappa shape index (κ2) is 5.94. The molecule has 0 fully saturated rings. The molecule has 2 aromatic rings. The number of rotatable bonds is 5. The van der Waals surface area contributed by atoms with Gasteiger partial charge >= 0.3 is 0 Å². The number of nitrogens with one attached hydrogen (secondary N) is 1. The second-order valence-corrected chi connectivity index (χ2v) is 3.97. The van der Waals surface area contributed by atoms with Gasteiger partial charge in [-0.25, -0.2) is 0 Å². The van der Waals surface area contributed by atoms with Gasteiger partial charge in [0.2, 0.25) is 0 Å². The van der Waals surface area contributed by atoms with Gasteiger partial charge in [-0.2, -0.15) is 5.21 Å². The third kappa shape index (κ3) is 3.27. The molecule has 7 nitrogen and oxygen atoms in total. The molecule has 0 saturated carbocycles. The maximum Gasteiger partial charge on any atom is 0.295 e. The summed E-state index contributed by atoms with van der Waals surface area (Å²) in [6, 6.07) is 7.60. The van der Waals surface area contributed by atoms with Gasteiger partial charge in [0.1, 0.15) is 5.75 Å². The fraction of sp³-hybridized carbons (Fsp3) is 0.333. The lowest BCUT2D eigenvalue weighted by molar-refractivity contribution is 0.0773. The highest BCUT2D eigenvalue weighted by Crippen LogP contribution is 2.13. The van der Waals surface area contributed by atoms with Gasteiger partial charge < -0.3 is 9.64 Å². The molecule has 0 spiro atoms. The van der Waals surface area contributed by atoms with Gasteiger partial charge in [-0.1, -0.05) is 12.1 Å². The first-order valence-electron chi connectivity index (χ1n) is 5.91. The van der Waals surface area contributed by atoms with Crippen LogP contribution in [0.15, 0.2) is 24.3 Å². The number of H-pyrrole nitrogens is 1. The zero-order chi connectivity index (χ0) is 13.7. The summed E-state index contributed by atoms with van der Waals surface area (Å²) >= 11 is 0. The SMILES string of the molecule is CCOc1ccc(CN(C)C(=O)c2nn[nH]n2)cc1. The van der Waals surface area contributed by atoms with E-state index in [9.17, 15) is 4.79 Å². The van der Waals surface area contributed by atoms with Crippen molar-refractivity contribution in [1.29, 1.82) is 0 Å². The van der Waals surface area contributed by atoms with Crippen molar-refractivity contribution >= 4 is 5.91 Å². The number of amides is 1. The van der Waals surface area contributed by atoms with Crippen LogP contribution in [0.25, 0.3) is 0 Å². The second-order valence-electron chi connectivity index (χ2n) is 3.97. The molecule has 0 atom stereocenters. The van der Waals surface area contributed by atoms with E-state index >= 15 is 0 Å². The van der Waals surface area contributed by atoms with Crippen LogP contribution in [0.1, 0.15) is 23.1 Å². The summed E-state index contributed by atoms with van der Waals surface area (Å²) in [4.78, 5) is 13.4. The monoisotopic (exact) mass is 261 g/mol. The van der Waals surface area contributed by atoms with Gasteiger partial charge in [0, 0.05) is 13.6 Å². The number of carbonyl (C=O) groups excluding carboxylic acids is 1. The van der Waals surface area contributed by atoms with Crippen LogP contribution in [0.2, 0.25) is 0 Å². The Morgan fingerprint density at radius 1 is 1.37 bits per heavy atom. The molecular weight excluding hydrogens is 246 g/mol. The predicted octanol–water partition coefficient (Wildman–Crippen LogP) is 0.871. The van der Waals surface area contributed by atoms with Crippen LogP contribution < -0.4 is 4.74 Å². The number of tetrazole rings is 1. The van der Waals surface area contributed by atoms with Crippen LogP contribution in [0.3, 0.4) is 0 Å². The minimum absolute atomic E-state index is 0.0634. The lowest BCUT2D eigenvalue weighted by Gasteiger charge is -2.15. The highest BCUT2D eigenvalue weighted by molar-refractivity contribution is 5.89. The Bertz CT molecular complexity index is 524. The summed E-state index contributed by atoms with van der Waals surface area (Å²) in [7, 11) is 1.69. The van der Waals surface area contributed by atoms with E-state index in [4.69, 9.17) is 4.74 Å². The normalized spacial score (nSPS) is 10.2. The molecule has 1 amide bonds. The molecule has 7 heteroatoms. The summed E-state index contributed by atoms with van der Waals surface area (Å²) in [5, 5.41) is 12.9. The molecule has 0 bridgehead atoms. The number of benzene rings is 1. The lowest BCUT2D eigenvalue weighted by Crippen LogP contribution is -2.27. The quantitative estimate of drug-likeness (QED) is 0.863. The third-order valence-electron chi connectivity index (χ3n) is 2.54. The van der Waals surface area contributed by atoms with Crippen molar-refractivity contribution in [1.82, 2.24) is 25.5 Å². The largest absolute Gasteiger partial charge is 0.494 e.